The molecule has 0 saturated carbocycles. The van der Waals surface area contributed by atoms with Crippen molar-refractivity contribution < 1.29 is 55.9 Å². The molecule has 0 spiro atoms. The molecule has 0 aliphatic carbocycles. The molecule has 0 aliphatic rings. The molecule has 14 nitrogen and oxygen atoms in total. The number of hydrogen-bond donors (Lipinski definition) is 4. The Balaban J connectivity index is 3.13. The third-order valence-corrected chi connectivity index (χ3v) is 13.4. The van der Waals surface area contributed by atoms with Gasteiger partial charge in [0.25, 0.3) is 0 Å². The number of para-hydroxylation sites is 2. The van der Waals surface area contributed by atoms with Crippen LogP contribution in [0.1, 0.15) is 22.2 Å². The van der Waals surface area contributed by atoms with Gasteiger partial charge in [0.15, 0.2) is 0 Å². The zero-order chi connectivity index (χ0) is 24.5. The van der Waals surface area contributed by atoms with E-state index < -0.39 is 52.6 Å². The average Bonchev–Trinajstić information content (AvgIpc) is 2.71. The third kappa shape index (κ3) is 5.28. The van der Waals surface area contributed by atoms with Gasteiger partial charge in [0, 0.05) is 28.4 Å². The minimum atomic E-state index is -5.61. The van der Waals surface area contributed by atoms with Gasteiger partial charge in [0.1, 0.15) is 0 Å². The second kappa shape index (κ2) is 9.80. The summed E-state index contributed by atoms with van der Waals surface area (Å²) in [5.74, 6) is 0. The first-order chi connectivity index (χ1) is 14.7. The van der Waals surface area contributed by atoms with E-state index in [1.54, 1.807) is 0 Å². The fraction of sp³-hybridized carbons (Fsp3) is 0.429. The van der Waals surface area contributed by atoms with Crippen molar-refractivity contribution in [1.82, 2.24) is 9.97 Å². The van der Waals surface area contributed by atoms with Gasteiger partial charge in [-0.15, -0.1) is 0 Å². The highest BCUT2D eigenvalue weighted by Crippen LogP contribution is 2.79. The van der Waals surface area contributed by atoms with Crippen LogP contribution in [0.5, 0.6) is 0 Å². The van der Waals surface area contributed by atoms with Crippen molar-refractivity contribution in [2.45, 2.75) is 10.8 Å². The van der Waals surface area contributed by atoms with Crippen LogP contribution in [-0.4, -0.2) is 58.0 Å². The van der Waals surface area contributed by atoms with Crippen LogP contribution in [0.2, 0.25) is 0 Å². The molecular weight excluding hydrogens is 512 g/mol. The van der Waals surface area contributed by atoms with E-state index in [1.165, 1.54) is 24.3 Å². The third-order valence-electron chi connectivity index (χ3n) is 4.37. The van der Waals surface area contributed by atoms with E-state index in [2.05, 4.69) is 9.97 Å². The zero-order valence-electron chi connectivity index (χ0n) is 17.2. The molecule has 2 aromatic rings. The van der Waals surface area contributed by atoms with E-state index >= 15 is 0 Å². The second-order valence-corrected chi connectivity index (χ2v) is 15.1. The first kappa shape index (κ1) is 27.4. The van der Waals surface area contributed by atoms with Crippen molar-refractivity contribution >= 4 is 41.4 Å². The van der Waals surface area contributed by atoms with Crippen molar-refractivity contribution in [2.24, 2.45) is 0 Å². The van der Waals surface area contributed by atoms with Crippen LogP contribution in [0, 0.1) is 0 Å². The molecule has 180 valence electrons. The maximum Gasteiger partial charge on any atom is 0.351 e. The van der Waals surface area contributed by atoms with Crippen LogP contribution in [-0.2, 0) is 36.4 Å². The molecule has 18 heteroatoms. The molecule has 0 aliphatic heterocycles. The molecule has 0 saturated heterocycles. The molecule has 1 aromatic carbocycles. The van der Waals surface area contributed by atoms with Gasteiger partial charge in [-0.05, 0) is 12.1 Å². The number of hydrogen-bond acceptors (Lipinski definition) is 10. The van der Waals surface area contributed by atoms with Crippen molar-refractivity contribution in [3.63, 3.8) is 0 Å². The molecule has 0 bridgehead atoms. The Morgan fingerprint density at radius 1 is 0.656 bits per heavy atom. The Kier molecular flexibility index (Phi) is 8.39. The molecular formula is C14H22N2O12P4. The van der Waals surface area contributed by atoms with E-state index in [9.17, 15) is 37.8 Å². The summed E-state index contributed by atoms with van der Waals surface area (Å²) in [6, 6.07) is 5.79. The van der Waals surface area contributed by atoms with Gasteiger partial charge in [-0.3, -0.25) is 18.3 Å². The summed E-state index contributed by atoms with van der Waals surface area (Å²) in [6.07, 6.45) is 0. The van der Waals surface area contributed by atoms with Gasteiger partial charge >= 0.3 is 30.4 Å². The molecule has 2 rings (SSSR count). The predicted molar refractivity (Wildman–Crippen MR) is 112 cm³/mol. The normalized spacial score (nSPS) is 13.9. The number of rotatable bonds is 10. The van der Waals surface area contributed by atoms with Gasteiger partial charge in [-0.25, -0.2) is 9.97 Å². The molecule has 1 aromatic heterocycles. The van der Waals surface area contributed by atoms with Gasteiger partial charge in [0.2, 0.25) is 10.8 Å². The summed E-state index contributed by atoms with van der Waals surface area (Å²) in [7, 11) is -16.6. The molecule has 32 heavy (non-hydrogen) atoms. The van der Waals surface area contributed by atoms with E-state index in [1.807, 2.05) is 0 Å². The highest BCUT2D eigenvalue weighted by Gasteiger charge is 2.56. The lowest BCUT2D eigenvalue weighted by atomic mass is 10.2. The number of benzene rings is 1. The summed E-state index contributed by atoms with van der Waals surface area (Å²) in [4.78, 5) is 47.2. The van der Waals surface area contributed by atoms with E-state index in [0.717, 1.165) is 28.4 Å². The highest BCUT2D eigenvalue weighted by molar-refractivity contribution is 7.72. The molecule has 0 amide bonds. The van der Waals surface area contributed by atoms with Gasteiger partial charge in [0.05, 0.1) is 22.4 Å². The van der Waals surface area contributed by atoms with Crippen molar-refractivity contribution in [1.29, 1.82) is 0 Å². The fourth-order valence-electron chi connectivity index (χ4n) is 2.94. The number of fused-ring (bicyclic) bond motifs is 1. The van der Waals surface area contributed by atoms with E-state index in [4.69, 9.17) is 18.1 Å². The highest BCUT2D eigenvalue weighted by atomic mass is 31.2. The first-order valence-electron chi connectivity index (χ1n) is 8.48. The van der Waals surface area contributed by atoms with Gasteiger partial charge < -0.3 is 37.7 Å². The molecule has 0 fully saturated rings. The maximum atomic E-state index is 13.4. The molecule has 0 unspecified atom stereocenters. The van der Waals surface area contributed by atoms with Crippen LogP contribution in [0.4, 0.5) is 0 Å². The summed E-state index contributed by atoms with van der Waals surface area (Å²) in [5.41, 5.74) is -1.66. The zero-order valence-corrected chi connectivity index (χ0v) is 20.8. The SMILES string of the molecule is COP(=O)(OC)C(c1nc2ccccc2nc1C(P(=O)(O)O)P(=O)(O)O)P(=O)(OC)OC. The van der Waals surface area contributed by atoms with Crippen LogP contribution in [0.15, 0.2) is 24.3 Å². The topological polar surface area (TPSA) is 212 Å². The molecule has 0 atom stereocenters. The predicted octanol–water partition coefficient (Wildman–Crippen LogP) is 2.95. The van der Waals surface area contributed by atoms with Crippen LogP contribution < -0.4 is 0 Å². The van der Waals surface area contributed by atoms with Crippen molar-refractivity contribution in [2.75, 3.05) is 28.4 Å². The van der Waals surface area contributed by atoms with E-state index in [-0.39, 0.29) is 11.0 Å². The largest absolute Gasteiger partial charge is 0.351 e. The summed E-state index contributed by atoms with van der Waals surface area (Å²) in [6.45, 7) is 0. The van der Waals surface area contributed by atoms with Crippen LogP contribution in [0.3, 0.4) is 0 Å². The van der Waals surface area contributed by atoms with Gasteiger partial charge in [-0.2, -0.15) is 0 Å². The summed E-state index contributed by atoms with van der Waals surface area (Å²) >= 11 is 0. The lowest BCUT2D eigenvalue weighted by Crippen LogP contribution is -2.16. The molecule has 4 N–H and O–H groups in total. The number of aromatic nitrogens is 2. The Morgan fingerprint density at radius 2 is 0.969 bits per heavy atom. The van der Waals surface area contributed by atoms with Crippen molar-refractivity contribution in [3.8, 4) is 0 Å². The average molecular weight is 534 g/mol. The summed E-state index contributed by atoms with van der Waals surface area (Å²) in [5, 5.41) is -4.93. The standard InChI is InChI=1S/C14H22N2O12P4/c1-25-31(23,26-2)14(32(24,27-3)28-4)12-11(13(29(17,18)19)30(20,21)22)15-9-7-5-6-8-10(9)16-12/h5-8,13-14H,1-4H3,(H2,17,18,19)(H2,20,21,22). The minimum absolute atomic E-state index is 0.00812. The Hall–Kier alpha value is -0.840. The smallest absolute Gasteiger partial charge is 0.324 e. The quantitative estimate of drug-likeness (QED) is 0.323. The van der Waals surface area contributed by atoms with Gasteiger partial charge in [-0.1, -0.05) is 12.1 Å². The van der Waals surface area contributed by atoms with E-state index in [0.29, 0.717) is 0 Å². The minimum Gasteiger partial charge on any atom is -0.324 e. The Labute approximate surface area is 182 Å². The van der Waals surface area contributed by atoms with Crippen molar-refractivity contribution in [3.05, 3.63) is 35.7 Å². The Bertz CT molecular complexity index is 1110. The Morgan fingerprint density at radius 3 is 1.25 bits per heavy atom. The molecule has 1 heterocycles. The van der Waals surface area contributed by atoms with Crippen LogP contribution in [0.25, 0.3) is 11.0 Å². The second-order valence-electron chi connectivity index (χ2n) is 6.22. The number of nitrogens with zero attached hydrogens (tertiary/aromatic N) is 2. The molecule has 0 radical (unpaired) electrons. The lowest BCUT2D eigenvalue weighted by molar-refractivity contribution is 0.246. The fourth-order valence-corrected chi connectivity index (χ4v) is 10.1. The maximum absolute atomic E-state index is 13.4. The lowest BCUT2D eigenvalue weighted by Gasteiger charge is -2.31. The first-order valence-corrected chi connectivity index (χ1v) is 15.1. The monoisotopic (exact) mass is 534 g/mol. The summed E-state index contributed by atoms with van der Waals surface area (Å²) < 4.78 is 70.7. The van der Waals surface area contributed by atoms with Crippen LogP contribution >= 0.6 is 30.4 Å².